The third kappa shape index (κ3) is 5.01. The largest absolute Gasteiger partial charge is 0.467 e. The average molecular weight is 386 g/mol. The lowest BCUT2D eigenvalue weighted by atomic mass is 10.2. The highest BCUT2D eigenvalue weighted by molar-refractivity contribution is 6.30. The maximum absolute atomic E-state index is 13.1. The number of hydrogen-bond acceptors (Lipinski definition) is 4. The Bertz CT molecular complexity index is 977. The standard InChI is InChI=1S/C20H17ClFN3O2/c1-12-9-16(22)7-8-17(12)24-18(26)11-27-19-10-13(2)23-20(25-19)14-3-5-15(21)6-4-14/h3-10H,11H2,1-2H3,(H,24,26). The summed E-state index contributed by atoms with van der Waals surface area (Å²) < 4.78 is 18.6. The molecule has 0 atom stereocenters. The molecule has 7 heteroatoms. The first-order valence-electron chi connectivity index (χ1n) is 8.21. The van der Waals surface area contributed by atoms with E-state index in [0.717, 1.165) is 5.56 Å². The summed E-state index contributed by atoms with van der Waals surface area (Å²) in [5.74, 6) is 0.0526. The van der Waals surface area contributed by atoms with Gasteiger partial charge >= 0.3 is 0 Å². The lowest BCUT2D eigenvalue weighted by Crippen LogP contribution is -2.21. The molecule has 0 spiro atoms. The molecule has 1 aromatic heterocycles. The van der Waals surface area contributed by atoms with Crippen molar-refractivity contribution in [3.8, 4) is 17.3 Å². The molecule has 0 aliphatic rings. The number of nitrogens with zero attached hydrogens (tertiary/aromatic N) is 2. The molecule has 0 saturated carbocycles. The number of aryl methyl sites for hydroxylation is 2. The van der Waals surface area contributed by atoms with Gasteiger partial charge in [0.05, 0.1) is 0 Å². The fourth-order valence-electron chi connectivity index (χ4n) is 2.43. The molecule has 0 unspecified atom stereocenters. The Morgan fingerprint density at radius 2 is 1.85 bits per heavy atom. The van der Waals surface area contributed by atoms with Gasteiger partial charge in [0.1, 0.15) is 5.82 Å². The molecular formula is C20H17ClFN3O2. The summed E-state index contributed by atoms with van der Waals surface area (Å²) in [6, 6.07) is 12.9. The highest BCUT2D eigenvalue weighted by Crippen LogP contribution is 2.21. The predicted octanol–water partition coefficient (Wildman–Crippen LogP) is 4.57. The van der Waals surface area contributed by atoms with Gasteiger partial charge in [0, 0.05) is 28.0 Å². The molecule has 3 rings (SSSR count). The zero-order valence-electron chi connectivity index (χ0n) is 14.8. The number of hydrogen-bond donors (Lipinski definition) is 1. The van der Waals surface area contributed by atoms with E-state index in [-0.39, 0.29) is 18.3 Å². The molecule has 0 aliphatic heterocycles. The molecule has 138 valence electrons. The Labute approximate surface area is 161 Å². The molecule has 2 aromatic carbocycles. The van der Waals surface area contributed by atoms with E-state index >= 15 is 0 Å². The zero-order valence-corrected chi connectivity index (χ0v) is 15.5. The Kier molecular flexibility index (Phi) is 5.66. The fourth-order valence-corrected chi connectivity index (χ4v) is 2.56. The van der Waals surface area contributed by atoms with Crippen molar-refractivity contribution < 1.29 is 13.9 Å². The Morgan fingerprint density at radius 1 is 1.11 bits per heavy atom. The van der Waals surface area contributed by atoms with Crippen molar-refractivity contribution in [3.05, 3.63) is 70.6 Å². The van der Waals surface area contributed by atoms with Gasteiger partial charge < -0.3 is 10.1 Å². The van der Waals surface area contributed by atoms with Gasteiger partial charge in [0.2, 0.25) is 5.88 Å². The molecular weight excluding hydrogens is 369 g/mol. The van der Waals surface area contributed by atoms with Crippen LogP contribution in [0.5, 0.6) is 5.88 Å². The minimum Gasteiger partial charge on any atom is -0.467 e. The fraction of sp³-hybridized carbons (Fsp3) is 0.150. The number of aromatic nitrogens is 2. The summed E-state index contributed by atoms with van der Waals surface area (Å²) in [5, 5.41) is 3.31. The third-order valence-corrected chi connectivity index (χ3v) is 4.00. The molecule has 5 nitrogen and oxygen atoms in total. The van der Waals surface area contributed by atoms with Gasteiger partial charge in [-0.05, 0) is 61.9 Å². The Balaban J connectivity index is 1.68. The van der Waals surface area contributed by atoms with Gasteiger partial charge in [-0.15, -0.1) is 0 Å². The summed E-state index contributed by atoms with van der Waals surface area (Å²) in [4.78, 5) is 20.8. The van der Waals surface area contributed by atoms with E-state index < -0.39 is 0 Å². The van der Waals surface area contributed by atoms with Gasteiger partial charge in [0.25, 0.3) is 5.91 Å². The van der Waals surface area contributed by atoms with Crippen molar-refractivity contribution in [1.29, 1.82) is 0 Å². The van der Waals surface area contributed by atoms with Crippen molar-refractivity contribution in [3.63, 3.8) is 0 Å². The number of halogens is 2. The van der Waals surface area contributed by atoms with E-state index in [1.165, 1.54) is 18.2 Å². The first-order chi connectivity index (χ1) is 12.9. The monoisotopic (exact) mass is 385 g/mol. The number of nitrogens with one attached hydrogen (secondary N) is 1. The highest BCUT2D eigenvalue weighted by Gasteiger charge is 2.10. The molecule has 0 fully saturated rings. The van der Waals surface area contributed by atoms with Crippen LogP contribution >= 0.6 is 11.6 Å². The van der Waals surface area contributed by atoms with Crippen LogP contribution < -0.4 is 10.1 Å². The van der Waals surface area contributed by atoms with Crippen LogP contribution in [-0.2, 0) is 4.79 Å². The van der Waals surface area contributed by atoms with Gasteiger partial charge in [-0.3, -0.25) is 4.79 Å². The highest BCUT2D eigenvalue weighted by atomic mass is 35.5. The van der Waals surface area contributed by atoms with Crippen molar-refractivity contribution in [2.24, 2.45) is 0 Å². The zero-order chi connectivity index (χ0) is 19.4. The minimum atomic E-state index is -0.367. The van der Waals surface area contributed by atoms with Crippen LogP contribution in [-0.4, -0.2) is 22.5 Å². The lowest BCUT2D eigenvalue weighted by molar-refractivity contribution is -0.118. The smallest absolute Gasteiger partial charge is 0.262 e. The second-order valence-corrected chi connectivity index (χ2v) is 6.41. The lowest BCUT2D eigenvalue weighted by Gasteiger charge is -2.10. The van der Waals surface area contributed by atoms with E-state index in [9.17, 15) is 9.18 Å². The number of benzene rings is 2. The number of ether oxygens (including phenoxy) is 1. The number of carbonyl (C=O) groups excluding carboxylic acids is 1. The van der Waals surface area contributed by atoms with Crippen LogP contribution in [0.3, 0.4) is 0 Å². The number of rotatable bonds is 5. The van der Waals surface area contributed by atoms with Crippen LogP contribution in [0.4, 0.5) is 10.1 Å². The predicted molar refractivity (Wildman–Crippen MR) is 102 cm³/mol. The van der Waals surface area contributed by atoms with Crippen molar-refractivity contribution in [1.82, 2.24) is 9.97 Å². The van der Waals surface area contributed by atoms with Gasteiger partial charge in [-0.1, -0.05) is 11.6 Å². The van der Waals surface area contributed by atoms with Crippen LogP contribution in [0, 0.1) is 19.7 Å². The molecule has 0 saturated heterocycles. The molecule has 3 aromatic rings. The Hall–Kier alpha value is -2.99. The van der Waals surface area contributed by atoms with Gasteiger partial charge in [-0.25, -0.2) is 9.37 Å². The van der Waals surface area contributed by atoms with E-state index in [4.69, 9.17) is 16.3 Å². The number of anilines is 1. The number of carbonyl (C=O) groups is 1. The molecule has 27 heavy (non-hydrogen) atoms. The maximum atomic E-state index is 13.1. The Morgan fingerprint density at radius 3 is 2.56 bits per heavy atom. The van der Waals surface area contributed by atoms with E-state index in [1.807, 2.05) is 19.1 Å². The van der Waals surface area contributed by atoms with Crippen LogP contribution in [0.1, 0.15) is 11.3 Å². The SMILES string of the molecule is Cc1cc(OCC(=O)Nc2ccc(F)cc2C)nc(-c2ccc(Cl)cc2)n1. The minimum absolute atomic E-state index is 0.229. The average Bonchev–Trinajstić information content (AvgIpc) is 2.62. The summed E-state index contributed by atoms with van der Waals surface area (Å²) >= 11 is 5.90. The maximum Gasteiger partial charge on any atom is 0.262 e. The summed E-state index contributed by atoms with van der Waals surface area (Å²) in [5.41, 5.74) is 2.66. The molecule has 1 heterocycles. The van der Waals surface area contributed by atoms with Gasteiger partial charge in [0.15, 0.2) is 12.4 Å². The summed E-state index contributed by atoms with van der Waals surface area (Å²) in [7, 11) is 0. The topological polar surface area (TPSA) is 64.1 Å². The second-order valence-electron chi connectivity index (χ2n) is 5.97. The normalized spacial score (nSPS) is 10.5. The van der Waals surface area contributed by atoms with Crippen molar-refractivity contribution >= 4 is 23.2 Å². The first-order valence-corrected chi connectivity index (χ1v) is 8.59. The molecule has 1 N–H and O–H groups in total. The third-order valence-electron chi connectivity index (χ3n) is 3.75. The molecule has 0 radical (unpaired) electrons. The molecule has 1 amide bonds. The van der Waals surface area contributed by atoms with E-state index in [0.29, 0.717) is 33.7 Å². The second kappa shape index (κ2) is 8.14. The van der Waals surface area contributed by atoms with Gasteiger partial charge in [-0.2, -0.15) is 4.98 Å². The molecule has 0 bridgehead atoms. The first kappa shape index (κ1) is 18.8. The number of amides is 1. The summed E-state index contributed by atoms with van der Waals surface area (Å²) in [6.45, 7) is 3.30. The van der Waals surface area contributed by atoms with E-state index in [1.54, 1.807) is 25.1 Å². The van der Waals surface area contributed by atoms with E-state index in [2.05, 4.69) is 15.3 Å². The van der Waals surface area contributed by atoms with Crippen molar-refractivity contribution in [2.45, 2.75) is 13.8 Å². The quantitative estimate of drug-likeness (QED) is 0.698. The molecule has 0 aliphatic carbocycles. The van der Waals surface area contributed by atoms with Crippen LogP contribution in [0.25, 0.3) is 11.4 Å². The van der Waals surface area contributed by atoms with Crippen molar-refractivity contribution in [2.75, 3.05) is 11.9 Å². The van der Waals surface area contributed by atoms with Crippen LogP contribution in [0.2, 0.25) is 5.02 Å². The van der Waals surface area contributed by atoms with Crippen LogP contribution in [0.15, 0.2) is 48.5 Å². The summed E-state index contributed by atoms with van der Waals surface area (Å²) in [6.07, 6.45) is 0.